The number of thiophene rings is 1. The van der Waals surface area contributed by atoms with E-state index in [0.29, 0.717) is 34.2 Å². The van der Waals surface area contributed by atoms with E-state index in [1.54, 1.807) is 23.0 Å². The Morgan fingerprint density at radius 1 is 1.26 bits per heavy atom. The molecule has 31 heavy (non-hydrogen) atoms. The summed E-state index contributed by atoms with van der Waals surface area (Å²) in [5.41, 5.74) is 1.74. The van der Waals surface area contributed by atoms with Crippen molar-refractivity contribution in [1.82, 2.24) is 14.9 Å². The van der Waals surface area contributed by atoms with Gasteiger partial charge in [-0.05, 0) is 24.1 Å². The molecule has 0 bridgehead atoms. The molecule has 0 aliphatic carbocycles. The van der Waals surface area contributed by atoms with Gasteiger partial charge in [0.1, 0.15) is 10.6 Å². The molecule has 0 aliphatic rings. The number of hydrogen-bond acceptors (Lipinski definition) is 6. The maximum absolute atomic E-state index is 13.2. The number of hydrogen-bond donors (Lipinski definition) is 1. The molecule has 1 amide bonds. The van der Waals surface area contributed by atoms with Crippen molar-refractivity contribution in [1.29, 1.82) is 0 Å². The smallest absolute Gasteiger partial charge is 0.263 e. The second-order valence-corrected chi connectivity index (χ2v) is 8.58. The van der Waals surface area contributed by atoms with Crippen LogP contribution >= 0.6 is 23.1 Å². The molecule has 1 N–H and O–H groups in total. The SMILES string of the molecule is C=CCn1c(SCC(=O)NCCc2ccccc2)nc2scc(-c3ccco3)c2c1=O. The van der Waals surface area contributed by atoms with E-state index in [1.165, 1.54) is 28.7 Å². The summed E-state index contributed by atoms with van der Waals surface area (Å²) in [5.74, 6) is 0.719. The fourth-order valence-corrected chi connectivity index (χ4v) is 5.00. The predicted molar refractivity (Wildman–Crippen MR) is 126 cm³/mol. The summed E-state index contributed by atoms with van der Waals surface area (Å²) in [7, 11) is 0. The number of thioether (sulfide) groups is 1. The Balaban J connectivity index is 1.49. The largest absolute Gasteiger partial charge is 0.464 e. The second-order valence-electron chi connectivity index (χ2n) is 6.78. The number of amides is 1. The van der Waals surface area contributed by atoms with Gasteiger partial charge in [-0.2, -0.15) is 0 Å². The molecule has 0 aliphatic heterocycles. The van der Waals surface area contributed by atoms with Gasteiger partial charge in [0.25, 0.3) is 5.56 Å². The predicted octanol–water partition coefficient (Wildman–Crippen LogP) is 4.36. The molecule has 6 nitrogen and oxygen atoms in total. The Morgan fingerprint density at radius 2 is 2.10 bits per heavy atom. The highest BCUT2D eigenvalue weighted by Gasteiger charge is 2.18. The average molecular weight is 452 g/mol. The van der Waals surface area contributed by atoms with Gasteiger partial charge in [0.15, 0.2) is 5.16 Å². The van der Waals surface area contributed by atoms with E-state index < -0.39 is 0 Å². The van der Waals surface area contributed by atoms with Crippen molar-refractivity contribution in [3.8, 4) is 11.3 Å². The number of carbonyl (C=O) groups is 1. The van der Waals surface area contributed by atoms with E-state index in [0.717, 1.165) is 12.0 Å². The lowest BCUT2D eigenvalue weighted by atomic mass is 10.1. The van der Waals surface area contributed by atoms with Crippen LogP contribution < -0.4 is 10.9 Å². The Labute approximate surface area is 187 Å². The van der Waals surface area contributed by atoms with E-state index in [1.807, 2.05) is 41.8 Å². The lowest BCUT2D eigenvalue weighted by Crippen LogP contribution is -2.28. The fourth-order valence-electron chi connectivity index (χ4n) is 3.19. The molecular weight excluding hydrogens is 430 g/mol. The van der Waals surface area contributed by atoms with Gasteiger partial charge in [0.2, 0.25) is 5.91 Å². The highest BCUT2D eigenvalue weighted by Crippen LogP contribution is 2.32. The second kappa shape index (κ2) is 9.80. The van der Waals surface area contributed by atoms with Crippen LogP contribution in [0.1, 0.15) is 5.56 Å². The van der Waals surface area contributed by atoms with Crippen molar-refractivity contribution in [2.24, 2.45) is 0 Å². The van der Waals surface area contributed by atoms with Crippen molar-refractivity contribution in [2.45, 2.75) is 18.1 Å². The van der Waals surface area contributed by atoms with Crippen LogP contribution in [0.15, 0.2) is 81.1 Å². The lowest BCUT2D eigenvalue weighted by Gasteiger charge is -2.10. The zero-order valence-electron chi connectivity index (χ0n) is 16.7. The van der Waals surface area contributed by atoms with Crippen molar-refractivity contribution < 1.29 is 9.21 Å². The lowest BCUT2D eigenvalue weighted by molar-refractivity contribution is -0.118. The summed E-state index contributed by atoms with van der Waals surface area (Å²) in [4.78, 5) is 30.8. The first-order valence-corrected chi connectivity index (χ1v) is 11.6. The van der Waals surface area contributed by atoms with Crippen LogP contribution in [0.5, 0.6) is 0 Å². The molecule has 3 heterocycles. The van der Waals surface area contributed by atoms with Gasteiger partial charge in [-0.1, -0.05) is 48.2 Å². The van der Waals surface area contributed by atoms with Crippen molar-refractivity contribution in [3.05, 3.63) is 82.7 Å². The standard InChI is InChI=1S/C23H21N3O3S2/c1-2-12-26-22(28)20-17(18-9-6-13-29-18)14-30-21(20)25-23(26)31-15-19(27)24-11-10-16-7-4-3-5-8-16/h2-9,13-14H,1,10-12,15H2,(H,24,27). The third kappa shape index (κ3) is 4.81. The Hall–Kier alpha value is -3.10. The molecule has 4 rings (SSSR count). The summed E-state index contributed by atoms with van der Waals surface area (Å²) < 4.78 is 7.02. The number of carbonyl (C=O) groups excluding carboxylic acids is 1. The van der Waals surface area contributed by atoms with E-state index in [-0.39, 0.29) is 17.2 Å². The number of nitrogens with one attached hydrogen (secondary N) is 1. The molecule has 0 saturated carbocycles. The summed E-state index contributed by atoms with van der Waals surface area (Å²) in [6.07, 6.45) is 4.00. The van der Waals surface area contributed by atoms with E-state index >= 15 is 0 Å². The molecule has 8 heteroatoms. The van der Waals surface area contributed by atoms with Crippen molar-refractivity contribution in [3.63, 3.8) is 0 Å². The van der Waals surface area contributed by atoms with Crippen LogP contribution in [0.2, 0.25) is 0 Å². The first-order valence-electron chi connectivity index (χ1n) is 9.77. The van der Waals surface area contributed by atoms with Crippen molar-refractivity contribution >= 4 is 39.2 Å². The molecule has 0 unspecified atom stereocenters. The first-order chi connectivity index (χ1) is 15.2. The third-order valence-corrected chi connectivity index (χ3v) is 6.52. The summed E-state index contributed by atoms with van der Waals surface area (Å²) in [5, 5.41) is 5.83. The van der Waals surface area contributed by atoms with Gasteiger partial charge < -0.3 is 9.73 Å². The van der Waals surface area contributed by atoms with Crippen LogP contribution in [-0.4, -0.2) is 27.8 Å². The normalized spacial score (nSPS) is 11.0. The minimum Gasteiger partial charge on any atom is -0.464 e. The summed E-state index contributed by atoms with van der Waals surface area (Å²) in [6, 6.07) is 13.6. The van der Waals surface area contributed by atoms with E-state index in [9.17, 15) is 9.59 Å². The minimum atomic E-state index is -0.162. The van der Waals surface area contributed by atoms with Crippen LogP contribution in [-0.2, 0) is 17.8 Å². The Bertz CT molecular complexity index is 1240. The zero-order valence-corrected chi connectivity index (χ0v) is 18.4. The number of fused-ring (bicyclic) bond motifs is 1. The molecule has 0 atom stereocenters. The average Bonchev–Trinajstić information content (AvgIpc) is 3.45. The minimum absolute atomic E-state index is 0.0946. The zero-order chi connectivity index (χ0) is 21.6. The molecule has 4 aromatic rings. The van der Waals surface area contributed by atoms with Crippen molar-refractivity contribution in [2.75, 3.05) is 12.3 Å². The van der Waals surface area contributed by atoms with Crippen LogP contribution in [0, 0.1) is 0 Å². The van der Waals surface area contributed by atoms with Gasteiger partial charge in [-0.25, -0.2) is 4.98 Å². The molecule has 158 valence electrons. The Kier molecular flexibility index (Phi) is 6.69. The van der Waals surface area contributed by atoms with Crippen LogP contribution in [0.3, 0.4) is 0 Å². The van der Waals surface area contributed by atoms with Gasteiger partial charge in [0.05, 0.1) is 17.4 Å². The molecule has 0 fully saturated rings. The van der Waals surface area contributed by atoms with Gasteiger partial charge in [-0.15, -0.1) is 17.9 Å². The topological polar surface area (TPSA) is 77.1 Å². The quantitative estimate of drug-likeness (QED) is 0.233. The van der Waals surface area contributed by atoms with Gasteiger partial charge in [-0.3, -0.25) is 14.2 Å². The monoisotopic (exact) mass is 451 g/mol. The number of furan rings is 1. The maximum atomic E-state index is 13.2. The molecular formula is C23H21N3O3S2. The van der Waals surface area contributed by atoms with E-state index in [4.69, 9.17) is 4.42 Å². The highest BCUT2D eigenvalue weighted by molar-refractivity contribution is 7.99. The highest BCUT2D eigenvalue weighted by atomic mass is 32.2. The van der Waals surface area contributed by atoms with Crippen LogP contribution in [0.4, 0.5) is 0 Å². The Morgan fingerprint density at radius 3 is 2.84 bits per heavy atom. The number of rotatable bonds is 9. The summed E-state index contributed by atoms with van der Waals surface area (Å²) in [6.45, 7) is 4.63. The maximum Gasteiger partial charge on any atom is 0.263 e. The molecule has 3 aromatic heterocycles. The fraction of sp³-hybridized carbons (Fsp3) is 0.174. The van der Waals surface area contributed by atoms with Gasteiger partial charge in [0, 0.05) is 24.0 Å². The molecule has 0 radical (unpaired) electrons. The number of allylic oxidation sites excluding steroid dienone is 1. The molecule has 0 spiro atoms. The van der Waals surface area contributed by atoms with E-state index in [2.05, 4.69) is 16.9 Å². The van der Waals surface area contributed by atoms with Crippen LogP contribution in [0.25, 0.3) is 21.5 Å². The number of nitrogens with zero attached hydrogens (tertiary/aromatic N) is 2. The number of aromatic nitrogens is 2. The first kappa shape index (κ1) is 21.1. The molecule has 1 aromatic carbocycles. The third-order valence-electron chi connectivity index (χ3n) is 4.67. The number of benzene rings is 1. The molecule has 0 saturated heterocycles. The summed E-state index contributed by atoms with van der Waals surface area (Å²) >= 11 is 2.64. The van der Waals surface area contributed by atoms with Gasteiger partial charge >= 0.3 is 0 Å².